The molecule has 5 rings (SSSR count). The summed E-state index contributed by atoms with van der Waals surface area (Å²) in [5, 5.41) is 9.34. The van der Waals surface area contributed by atoms with Gasteiger partial charge in [-0.15, -0.1) is 9.13 Å². The lowest BCUT2D eigenvalue weighted by Crippen LogP contribution is -2.72. The van der Waals surface area contributed by atoms with Crippen LogP contribution in [0.25, 0.3) is 17.3 Å². The van der Waals surface area contributed by atoms with Gasteiger partial charge in [0.1, 0.15) is 11.1 Å². The number of nitriles is 1. The minimum absolute atomic E-state index is 0.488. The van der Waals surface area contributed by atoms with Crippen molar-refractivity contribution in [3.05, 3.63) is 102 Å². The van der Waals surface area contributed by atoms with E-state index in [1.807, 2.05) is 36.4 Å². The molecule has 2 aliphatic heterocycles. The standard InChI is InChI=1S/C22H15N3/c1-2-17-14-18-7-3-5-11-24(18)22(17)20-10-9-16(15-23)13-19(20)21-8-4-6-12-25(21)22/h2-14H,1H2/q+2. The third kappa shape index (κ3) is 1.54. The minimum Gasteiger partial charge on any atom is -0.192 e. The Hall–Kier alpha value is -3.51. The van der Waals surface area contributed by atoms with Crippen LogP contribution in [0.1, 0.15) is 16.8 Å². The summed E-state index contributed by atoms with van der Waals surface area (Å²) in [7, 11) is 0. The van der Waals surface area contributed by atoms with Gasteiger partial charge in [0.2, 0.25) is 11.4 Å². The molecule has 0 saturated heterocycles. The smallest absolute Gasteiger partial charge is 0.192 e. The van der Waals surface area contributed by atoms with Crippen LogP contribution in [0.4, 0.5) is 0 Å². The van der Waals surface area contributed by atoms with Gasteiger partial charge in [-0.25, -0.2) is 0 Å². The third-order valence-electron chi connectivity index (χ3n) is 5.17. The van der Waals surface area contributed by atoms with Crippen LogP contribution in [0.2, 0.25) is 0 Å². The largest absolute Gasteiger partial charge is 0.416 e. The zero-order valence-corrected chi connectivity index (χ0v) is 13.6. The average molecular weight is 321 g/mol. The minimum atomic E-state index is -0.488. The highest BCUT2D eigenvalue weighted by Crippen LogP contribution is 2.43. The molecule has 1 unspecified atom stereocenters. The van der Waals surface area contributed by atoms with Crippen LogP contribution >= 0.6 is 0 Å². The van der Waals surface area contributed by atoms with E-state index in [1.54, 1.807) is 0 Å². The maximum atomic E-state index is 9.34. The Morgan fingerprint density at radius 2 is 1.80 bits per heavy atom. The molecule has 1 aromatic carbocycles. The molecular formula is C22H15N3+2. The monoisotopic (exact) mass is 321 g/mol. The summed E-state index contributed by atoms with van der Waals surface area (Å²) >= 11 is 0. The van der Waals surface area contributed by atoms with Crippen LogP contribution in [0.15, 0.2) is 85.2 Å². The second-order valence-corrected chi connectivity index (χ2v) is 6.30. The number of aromatic nitrogens is 2. The Balaban J connectivity index is 1.98. The Morgan fingerprint density at radius 3 is 2.60 bits per heavy atom. The van der Waals surface area contributed by atoms with E-state index in [4.69, 9.17) is 0 Å². The summed E-state index contributed by atoms with van der Waals surface area (Å²) in [6.45, 7) is 4.08. The first-order valence-electron chi connectivity index (χ1n) is 8.22. The molecule has 0 saturated carbocycles. The number of benzene rings is 1. The molecule has 0 bridgehead atoms. The first-order valence-corrected chi connectivity index (χ1v) is 8.22. The van der Waals surface area contributed by atoms with Gasteiger partial charge >= 0.3 is 5.66 Å². The Morgan fingerprint density at radius 1 is 1.00 bits per heavy atom. The van der Waals surface area contributed by atoms with Crippen molar-refractivity contribution in [2.24, 2.45) is 0 Å². The highest BCUT2D eigenvalue weighted by molar-refractivity contribution is 5.71. The van der Waals surface area contributed by atoms with Gasteiger partial charge in [-0.2, -0.15) is 5.26 Å². The van der Waals surface area contributed by atoms with Crippen LogP contribution in [0, 0.1) is 11.3 Å². The van der Waals surface area contributed by atoms with E-state index in [-0.39, 0.29) is 0 Å². The predicted molar refractivity (Wildman–Crippen MR) is 94.1 cm³/mol. The van der Waals surface area contributed by atoms with E-state index < -0.39 is 5.66 Å². The van der Waals surface area contributed by atoms with Crippen LogP contribution in [0.5, 0.6) is 0 Å². The van der Waals surface area contributed by atoms with Gasteiger partial charge in [0.05, 0.1) is 17.2 Å². The van der Waals surface area contributed by atoms with E-state index in [9.17, 15) is 5.26 Å². The summed E-state index contributed by atoms with van der Waals surface area (Å²) in [6.07, 6.45) is 8.33. The Bertz CT molecular complexity index is 1130. The first kappa shape index (κ1) is 13.9. The van der Waals surface area contributed by atoms with Crippen molar-refractivity contribution >= 4 is 6.08 Å². The normalized spacial score (nSPS) is 18.9. The molecule has 0 radical (unpaired) electrons. The summed E-state index contributed by atoms with van der Waals surface area (Å²) < 4.78 is 4.56. The number of hydrogen-bond donors (Lipinski definition) is 0. The topological polar surface area (TPSA) is 31.5 Å². The molecule has 2 aromatic heterocycles. The van der Waals surface area contributed by atoms with Crippen molar-refractivity contribution in [2.75, 3.05) is 0 Å². The van der Waals surface area contributed by atoms with Crippen LogP contribution in [-0.2, 0) is 5.66 Å². The maximum absolute atomic E-state index is 9.34. The van der Waals surface area contributed by atoms with Crippen LogP contribution in [-0.4, -0.2) is 0 Å². The average Bonchev–Trinajstić information content (AvgIpc) is 3.17. The Kier molecular flexibility index (Phi) is 2.64. The zero-order chi connectivity index (χ0) is 17.0. The summed E-state index contributed by atoms with van der Waals surface area (Å²) in [5.74, 6) is 0. The van der Waals surface area contributed by atoms with Crippen LogP contribution in [0.3, 0.4) is 0 Å². The second kappa shape index (κ2) is 4.75. The maximum Gasteiger partial charge on any atom is 0.416 e. The molecule has 3 aromatic rings. The van der Waals surface area contributed by atoms with E-state index in [1.165, 1.54) is 5.56 Å². The predicted octanol–water partition coefficient (Wildman–Crippen LogP) is 2.95. The van der Waals surface area contributed by atoms with Crippen molar-refractivity contribution in [2.45, 2.75) is 5.66 Å². The molecule has 1 atom stereocenters. The summed E-state index contributed by atoms with van der Waals surface area (Å²) in [6, 6.07) is 20.6. The lowest BCUT2D eigenvalue weighted by Gasteiger charge is -2.18. The molecule has 25 heavy (non-hydrogen) atoms. The van der Waals surface area contributed by atoms with Crippen molar-refractivity contribution in [1.29, 1.82) is 5.26 Å². The zero-order valence-electron chi connectivity index (χ0n) is 13.6. The quantitative estimate of drug-likeness (QED) is 0.634. The highest BCUT2D eigenvalue weighted by Gasteiger charge is 2.64. The van der Waals surface area contributed by atoms with Gasteiger partial charge in [-0.3, -0.25) is 0 Å². The fourth-order valence-corrected chi connectivity index (χ4v) is 4.21. The first-order chi connectivity index (χ1) is 12.3. The molecule has 1 spiro atoms. The van der Waals surface area contributed by atoms with Crippen molar-refractivity contribution < 1.29 is 9.13 Å². The van der Waals surface area contributed by atoms with E-state index >= 15 is 0 Å². The van der Waals surface area contributed by atoms with E-state index in [0.29, 0.717) is 5.56 Å². The van der Waals surface area contributed by atoms with Gasteiger partial charge in [0.15, 0.2) is 12.4 Å². The van der Waals surface area contributed by atoms with Gasteiger partial charge < -0.3 is 0 Å². The fourth-order valence-electron chi connectivity index (χ4n) is 4.21. The summed E-state index contributed by atoms with van der Waals surface area (Å²) in [5.41, 5.74) is 5.81. The lowest BCUT2D eigenvalue weighted by molar-refractivity contribution is -0.961. The van der Waals surface area contributed by atoms with E-state index in [0.717, 1.165) is 22.5 Å². The number of rotatable bonds is 1. The number of fused-ring (bicyclic) bond motifs is 7. The molecule has 3 heteroatoms. The molecule has 2 aliphatic rings. The molecule has 0 fully saturated rings. The number of hydrogen-bond acceptors (Lipinski definition) is 1. The van der Waals surface area contributed by atoms with Crippen LogP contribution < -0.4 is 9.13 Å². The van der Waals surface area contributed by atoms with Crippen molar-refractivity contribution in [3.8, 4) is 17.3 Å². The molecule has 3 nitrogen and oxygen atoms in total. The van der Waals surface area contributed by atoms with Gasteiger partial charge in [-0.05, 0) is 30.3 Å². The van der Waals surface area contributed by atoms with E-state index in [2.05, 4.69) is 64.5 Å². The van der Waals surface area contributed by atoms with Gasteiger partial charge in [-0.1, -0.05) is 12.7 Å². The molecular weight excluding hydrogens is 306 g/mol. The molecule has 116 valence electrons. The second-order valence-electron chi connectivity index (χ2n) is 6.30. The van der Waals surface area contributed by atoms with Gasteiger partial charge in [0.25, 0.3) is 0 Å². The van der Waals surface area contributed by atoms with Crippen molar-refractivity contribution in [3.63, 3.8) is 0 Å². The fraction of sp³-hybridized carbons (Fsp3) is 0.0455. The SMILES string of the molecule is C=CC1=Cc2cccc[n+]2C12c1ccc(C#N)cc1-c1cccc[n+]12. The molecule has 0 N–H and O–H groups in total. The third-order valence-corrected chi connectivity index (χ3v) is 5.17. The Labute approximate surface area is 146 Å². The molecule has 0 amide bonds. The molecule has 0 aliphatic carbocycles. The summed E-state index contributed by atoms with van der Waals surface area (Å²) in [4.78, 5) is 0. The number of pyridine rings is 2. The van der Waals surface area contributed by atoms with Crippen molar-refractivity contribution in [1.82, 2.24) is 0 Å². The lowest BCUT2D eigenvalue weighted by atomic mass is 9.90. The molecule has 4 heterocycles. The van der Waals surface area contributed by atoms with Gasteiger partial charge in [0, 0.05) is 30.3 Å². The highest BCUT2D eigenvalue weighted by atomic mass is 15.3. The number of nitrogens with zero attached hydrogens (tertiary/aromatic N) is 3. The number of allylic oxidation sites excluding steroid dienone is 2.